The van der Waals surface area contributed by atoms with Crippen LogP contribution in [0.2, 0.25) is 0 Å². The third-order valence-electron chi connectivity index (χ3n) is 5.29. The van der Waals surface area contributed by atoms with Crippen LogP contribution in [-0.2, 0) is 4.79 Å². The van der Waals surface area contributed by atoms with E-state index in [9.17, 15) is 4.79 Å². The first kappa shape index (κ1) is 22.7. The van der Waals surface area contributed by atoms with Gasteiger partial charge in [-0.15, -0.1) is 0 Å². The molecule has 1 atom stereocenters. The highest BCUT2D eigenvalue weighted by atomic mass is 32.2. The van der Waals surface area contributed by atoms with Crippen LogP contribution in [0.25, 0.3) is 6.08 Å². The second-order valence-electron chi connectivity index (χ2n) is 7.41. The van der Waals surface area contributed by atoms with Crippen LogP contribution in [0.15, 0.2) is 88.8 Å². The van der Waals surface area contributed by atoms with E-state index in [4.69, 9.17) is 14.5 Å². The first-order chi connectivity index (χ1) is 16.1. The molecule has 3 aromatic carbocycles. The van der Waals surface area contributed by atoms with Gasteiger partial charge in [0.1, 0.15) is 0 Å². The molecule has 3 aromatic rings. The minimum atomic E-state index is -0.170. The SMILES string of the molecule is CCOc1c(/C=C2/SC(=Nc3ccccc3)N([C@H](C)c3ccccc3)C2=O)cccc1OC. The van der Waals surface area contributed by atoms with Crippen LogP contribution in [0.3, 0.4) is 0 Å². The van der Waals surface area contributed by atoms with Crippen molar-refractivity contribution in [3.63, 3.8) is 0 Å². The Kier molecular flexibility index (Phi) is 7.15. The fourth-order valence-corrected chi connectivity index (χ4v) is 4.71. The molecule has 0 aliphatic carbocycles. The smallest absolute Gasteiger partial charge is 0.267 e. The highest BCUT2D eigenvalue weighted by Crippen LogP contribution is 2.41. The normalized spacial score (nSPS) is 16.9. The van der Waals surface area contributed by atoms with Crippen LogP contribution in [0.4, 0.5) is 5.69 Å². The monoisotopic (exact) mass is 458 g/mol. The number of nitrogens with zero attached hydrogens (tertiary/aromatic N) is 2. The minimum absolute atomic E-state index is 0.0868. The summed E-state index contributed by atoms with van der Waals surface area (Å²) in [6, 6.07) is 25.2. The largest absolute Gasteiger partial charge is 0.493 e. The summed E-state index contributed by atoms with van der Waals surface area (Å²) < 4.78 is 11.3. The number of aliphatic imine (C=N–C) groups is 1. The van der Waals surface area contributed by atoms with Gasteiger partial charge in [-0.3, -0.25) is 9.69 Å². The lowest BCUT2D eigenvalue weighted by molar-refractivity contribution is -0.123. The van der Waals surface area contributed by atoms with Gasteiger partial charge in [0.2, 0.25) is 0 Å². The summed E-state index contributed by atoms with van der Waals surface area (Å²) in [4.78, 5) is 20.8. The van der Waals surface area contributed by atoms with E-state index in [1.807, 2.05) is 98.8 Å². The molecule has 5 nitrogen and oxygen atoms in total. The maximum atomic E-state index is 13.6. The number of rotatable bonds is 7. The van der Waals surface area contributed by atoms with E-state index in [1.54, 1.807) is 12.0 Å². The highest BCUT2D eigenvalue weighted by molar-refractivity contribution is 8.18. The zero-order valence-corrected chi connectivity index (χ0v) is 19.7. The average molecular weight is 459 g/mol. The van der Waals surface area contributed by atoms with Crippen LogP contribution in [-0.4, -0.2) is 29.7 Å². The summed E-state index contributed by atoms with van der Waals surface area (Å²) in [6.45, 7) is 4.44. The predicted octanol–water partition coefficient (Wildman–Crippen LogP) is 6.46. The van der Waals surface area contributed by atoms with E-state index >= 15 is 0 Å². The van der Waals surface area contributed by atoms with Gasteiger partial charge < -0.3 is 9.47 Å². The average Bonchev–Trinajstić information content (AvgIpc) is 3.15. The second-order valence-corrected chi connectivity index (χ2v) is 8.42. The van der Waals surface area contributed by atoms with Crippen molar-refractivity contribution in [3.05, 3.63) is 94.9 Å². The van der Waals surface area contributed by atoms with E-state index in [1.165, 1.54) is 11.8 Å². The van der Waals surface area contributed by atoms with Crippen molar-refractivity contribution in [2.75, 3.05) is 13.7 Å². The summed E-state index contributed by atoms with van der Waals surface area (Å²) in [5.41, 5.74) is 2.64. The molecule has 1 heterocycles. The number of amidine groups is 1. The molecule has 4 rings (SSSR count). The van der Waals surface area contributed by atoms with E-state index in [-0.39, 0.29) is 11.9 Å². The summed E-state index contributed by atoms with van der Waals surface area (Å²) in [6.07, 6.45) is 1.86. The summed E-state index contributed by atoms with van der Waals surface area (Å²) >= 11 is 1.37. The molecule has 1 aliphatic rings. The number of para-hydroxylation sites is 2. The highest BCUT2D eigenvalue weighted by Gasteiger charge is 2.37. The zero-order valence-electron chi connectivity index (χ0n) is 18.9. The molecule has 0 radical (unpaired) electrons. The molecule has 0 unspecified atom stereocenters. The van der Waals surface area contributed by atoms with Crippen LogP contribution in [0.1, 0.15) is 31.0 Å². The molecule has 0 spiro atoms. The Balaban J connectivity index is 1.78. The molecule has 1 saturated heterocycles. The zero-order chi connectivity index (χ0) is 23.2. The molecular weight excluding hydrogens is 432 g/mol. The Morgan fingerprint density at radius 2 is 1.70 bits per heavy atom. The van der Waals surface area contributed by atoms with Crippen molar-refractivity contribution < 1.29 is 14.3 Å². The predicted molar refractivity (Wildman–Crippen MR) is 135 cm³/mol. The fourth-order valence-electron chi connectivity index (χ4n) is 3.65. The van der Waals surface area contributed by atoms with Crippen LogP contribution in [0.5, 0.6) is 11.5 Å². The van der Waals surface area contributed by atoms with E-state index in [0.717, 1.165) is 16.8 Å². The molecule has 0 aromatic heterocycles. The van der Waals surface area contributed by atoms with Gasteiger partial charge in [0.05, 0.1) is 30.4 Å². The molecule has 1 amide bonds. The van der Waals surface area contributed by atoms with Crippen molar-refractivity contribution in [3.8, 4) is 11.5 Å². The Morgan fingerprint density at radius 1 is 1.00 bits per heavy atom. The maximum absolute atomic E-state index is 13.6. The van der Waals surface area contributed by atoms with Crippen molar-refractivity contribution in [2.24, 2.45) is 4.99 Å². The summed E-state index contributed by atoms with van der Waals surface area (Å²) in [5, 5.41) is 0.648. The Morgan fingerprint density at radius 3 is 2.36 bits per heavy atom. The van der Waals surface area contributed by atoms with E-state index in [2.05, 4.69) is 0 Å². The van der Waals surface area contributed by atoms with Gasteiger partial charge in [-0.25, -0.2) is 4.99 Å². The third-order valence-corrected chi connectivity index (χ3v) is 6.27. The lowest BCUT2D eigenvalue weighted by Gasteiger charge is -2.24. The van der Waals surface area contributed by atoms with Crippen molar-refractivity contribution in [1.82, 2.24) is 4.90 Å². The number of thioether (sulfide) groups is 1. The third kappa shape index (κ3) is 4.96. The minimum Gasteiger partial charge on any atom is -0.493 e. The first-order valence-electron chi connectivity index (χ1n) is 10.8. The molecule has 33 heavy (non-hydrogen) atoms. The molecule has 6 heteroatoms. The van der Waals surface area contributed by atoms with Crippen LogP contribution in [0, 0.1) is 0 Å². The van der Waals surface area contributed by atoms with Gasteiger partial charge in [-0.1, -0.05) is 60.7 Å². The number of amides is 1. The van der Waals surface area contributed by atoms with Gasteiger partial charge in [-0.2, -0.15) is 0 Å². The van der Waals surface area contributed by atoms with Gasteiger partial charge in [0.15, 0.2) is 16.7 Å². The van der Waals surface area contributed by atoms with Crippen molar-refractivity contribution in [2.45, 2.75) is 19.9 Å². The second kappa shape index (κ2) is 10.4. The molecule has 168 valence electrons. The van der Waals surface area contributed by atoms with Gasteiger partial charge in [0, 0.05) is 5.56 Å². The standard InChI is InChI=1S/C27H26N2O3S/c1-4-32-25-21(14-11-17-23(25)31-3)18-24-26(30)29(19(2)20-12-7-5-8-13-20)27(33-24)28-22-15-9-6-10-16-22/h5-19H,4H2,1-3H3/b24-18+,28-27?/t19-/m1/s1. The number of benzene rings is 3. The fraction of sp³-hybridized carbons (Fsp3) is 0.185. The molecule has 0 saturated carbocycles. The summed E-state index contributed by atoms with van der Waals surface area (Å²) in [5.74, 6) is 1.17. The molecule has 0 N–H and O–H groups in total. The van der Waals surface area contributed by atoms with Gasteiger partial charge >= 0.3 is 0 Å². The van der Waals surface area contributed by atoms with Gasteiger partial charge in [0.25, 0.3) is 5.91 Å². The Bertz CT molecular complexity index is 1180. The molecule has 0 bridgehead atoms. The quantitative estimate of drug-likeness (QED) is 0.381. The van der Waals surface area contributed by atoms with Gasteiger partial charge in [-0.05, 0) is 55.4 Å². The number of hydrogen-bond acceptors (Lipinski definition) is 5. The number of hydrogen-bond donors (Lipinski definition) is 0. The van der Waals surface area contributed by atoms with E-state index in [0.29, 0.717) is 28.2 Å². The molecular formula is C27H26N2O3S. The number of ether oxygens (including phenoxy) is 2. The van der Waals surface area contributed by atoms with E-state index < -0.39 is 0 Å². The topological polar surface area (TPSA) is 51.1 Å². The first-order valence-corrected chi connectivity index (χ1v) is 11.7. The number of carbonyl (C=O) groups excluding carboxylic acids is 1. The molecule has 1 aliphatic heterocycles. The summed E-state index contributed by atoms with van der Waals surface area (Å²) in [7, 11) is 1.61. The molecule has 1 fully saturated rings. The lowest BCUT2D eigenvalue weighted by Crippen LogP contribution is -2.32. The van der Waals surface area contributed by atoms with Crippen molar-refractivity contribution in [1.29, 1.82) is 0 Å². The lowest BCUT2D eigenvalue weighted by atomic mass is 10.1. The van der Waals surface area contributed by atoms with Crippen molar-refractivity contribution >= 4 is 34.6 Å². The number of carbonyl (C=O) groups is 1. The number of methoxy groups -OCH3 is 1. The van der Waals surface area contributed by atoms with Crippen LogP contribution >= 0.6 is 11.8 Å². The maximum Gasteiger partial charge on any atom is 0.267 e. The Hall–Kier alpha value is -3.51. The Labute approximate surface area is 198 Å². The van der Waals surface area contributed by atoms with Crippen LogP contribution < -0.4 is 9.47 Å².